The first kappa shape index (κ1) is 21.2. The lowest BCUT2D eigenvalue weighted by Gasteiger charge is -2.19. The SMILES string of the molecule is CN=CC(=CN)c1cc(F)c(Nc2cccc3c2N[C@H](C)CC(=O)N3)cc1C(F)F. The Hall–Kier alpha value is -3.49. The summed E-state index contributed by atoms with van der Waals surface area (Å²) in [6.07, 6.45) is -0.198. The van der Waals surface area contributed by atoms with Crippen LogP contribution in [-0.4, -0.2) is 25.2 Å². The topological polar surface area (TPSA) is 91.5 Å². The Kier molecular flexibility index (Phi) is 6.29. The normalized spacial score (nSPS) is 16.8. The van der Waals surface area contributed by atoms with Gasteiger partial charge in [0.15, 0.2) is 0 Å². The zero-order chi connectivity index (χ0) is 21.8. The average Bonchev–Trinajstić information content (AvgIpc) is 2.84. The second-order valence-electron chi connectivity index (χ2n) is 6.88. The van der Waals surface area contributed by atoms with Crippen LogP contribution in [0.1, 0.15) is 30.9 Å². The van der Waals surface area contributed by atoms with E-state index >= 15 is 0 Å². The van der Waals surface area contributed by atoms with E-state index in [1.807, 2.05) is 6.92 Å². The molecule has 0 aromatic heterocycles. The van der Waals surface area contributed by atoms with E-state index in [-0.39, 0.29) is 40.8 Å². The van der Waals surface area contributed by atoms with Crippen molar-refractivity contribution in [2.45, 2.75) is 25.8 Å². The molecule has 0 radical (unpaired) electrons. The number of alkyl halides is 2. The van der Waals surface area contributed by atoms with Gasteiger partial charge < -0.3 is 21.7 Å². The molecule has 1 atom stereocenters. The number of nitrogens with one attached hydrogen (secondary N) is 3. The van der Waals surface area contributed by atoms with Crippen molar-refractivity contribution in [3.8, 4) is 0 Å². The van der Waals surface area contributed by atoms with E-state index in [9.17, 15) is 18.0 Å². The number of hydrogen-bond acceptors (Lipinski definition) is 5. The van der Waals surface area contributed by atoms with E-state index in [0.717, 1.165) is 18.3 Å². The van der Waals surface area contributed by atoms with Crippen molar-refractivity contribution in [2.75, 3.05) is 23.0 Å². The van der Waals surface area contributed by atoms with Gasteiger partial charge in [0, 0.05) is 43.1 Å². The Morgan fingerprint density at radius 1 is 1.33 bits per heavy atom. The van der Waals surface area contributed by atoms with Gasteiger partial charge in [-0.2, -0.15) is 0 Å². The van der Waals surface area contributed by atoms with Crippen molar-refractivity contribution in [3.05, 3.63) is 53.5 Å². The highest BCUT2D eigenvalue weighted by molar-refractivity contribution is 6.10. The molecule has 2 aromatic carbocycles. The monoisotopic (exact) mass is 417 g/mol. The molecule has 1 aliphatic rings. The third-order valence-corrected chi connectivity index (χ3v) is 4.62. The maximum atomic E-state index is 14.9. The summed E-state index contributed by atoms with van der Waals surface area (Å²) in [5.74, 6) is -0.887. The van der Waals surface area contributed by atoms with Crippen molar-refractivity contribution in [1.82, 2.24) is 0 Å². The van der Waals surface area contributed by atoms with Crippen LogP contribution in [0.5, 0.6) is 0 Å². The molecule has 5 N–H and O–H groups in total. The van der Waals surface area contributed by atoms with E-state index < -0.39 is 12.2 Å². The number of amides is 1. The van der Waals surface area contributed by atoms with Gasteiger partial charge in [0.05, 0.1) is 22.7 Å². The summed E-state index contributed by atoms with van der Waals surface area (Å²) >= 11 is 0. The maximum Gasteiger partial charge on any atom is 0.264 e. The Morgan fingerprint density at radius 3 is 2.77 bits per heavy atom. The van der Waals surface area contributed by atoms with Gasteiger partial charge in [-0.05, 0) is 36.8 Å². The Balaban J connectivity index is 2.06. The van der Waals surface area contributed by atoms with Crippen molar-refractivity contribution >= 4 is 40.4 Å². The molecule has 3 rings (SSSR count). The quantitative estimate of drug-likeness (QED) is 0.533. The number of carbonyl (C=O) groups excluding carboxylic acids is 1. The lowest BCUT2D eigenvalue weighted by Crippen LogP contribution is -2.19. The van der Waals surface area contributed by atoms with Gasteiger partial charge >= 0.3 is 0 Å². The number of allylic oxidation sites excluding steroid dienone is 1. The van der Waals surface area contributed by atoms with E-state index in [2.05, 4.69) is 20.9 Å². The number of nitrogens with zero attached hydrogens (tertiary/aromatic N) is 1. The minimum atomic E-state index is -2.85. The molecule has 0 unspecified atom stereocenters. The van der Waals surface area contributed by atoms with Crippen LogP contribution < -0.4 is 21.7 Å². The number of carbonyl (C=O) groups is 1. The minimum Gasteiger partial charge on any atom is -0.404 e. The molecule has 0 bridgehead atoms. The Bertz CT molecular complexity index is 1020. The van der Waals surface area contributed by atoms with Crippen molar-refractivity contribution < 1.29 is 18.0 Å². The number of benzene rings is 2. The highest BCUT2D eigenvalue weighted by Crippen LogP contribution is 2.38. The van der Waals surface area contributed by atoms with Crippen molar-refractivity contribution in [1.29, 1.82) is 0 Å². The predicted octanol–water partition coefficient (Wildman–Crippen LogP) is 4.65. The molecule has 0 spiro atoms. The summed E-state index contributed by atoms with van der Waals surface area (Å²) in [7, 11) is 1.46. The molecule has 1 heterocycles. The molecule has 0 saturated carbocycles. The van der Waals surface area contributed by atoms with Gasteiger partial charge in [0.1, 0.15) is 5.82 Å². The first-order valence-corrected chi connectivity index (χ1v) is 9.26. The number of fused-ring (bicyclic) bond motifs is 1. The number of para-hydroxylation sites is 1. The third kappa shape index (κ3) is 4.40. The summed E-state index contributed by atoms with van der Waals surface area (Å²) in [6.45, 7) is 1.84. The maximum absolute atomic E-state index is 14.9. The van der Waals surface area contributed by atoms with Crippen LogP contribution in [0.4, 0.5) is 35.9 Å². The molecule has 30 heavy (non-hydrogen) atoms. The summed E-state index contributed by atoms with van der Waals surface area (Å²) < 4.78 is 42.3. The van der Waals surface area contributed by atoms with Gasteiger partial charge in [-0.1, -0.05) is 6.07 Å². The zero-order valence-electron chi connectivity index (χ0n) is 16.5. The van der Waals surface area contributed by atoms with E-state index in [0.29, 0.717) is 17.1 Å². The molecule has 0 saturated heterocycles. The second-order valence-corrected chi connectivity index (χ2v) is 6.88. The molecule has 0 fully saturated rings. The molecule has 9 heteroatoms. The molecule has 1 aliphatic heterocycles. The van der Waals surface area contributed by atoms with E-state index in [1.165, 1.54) is 13.3 Å². The van der Waals surface area contributed by atoms with Gasteiger partial charge in [-0.3, -0.25) is 9.79 Å². The first-order chi connectivity index (χ1) is 14.3. The highest BCUT2D eigenvalue weighted by Gasteiger charge is 2.22. The van der Waals surface area contributed by atoms with Crippen LogP contribution in [-0.2, 0) is 4.79 Å². The van der Waals surface area contributed by atoms with Crippen LogP contribution in [0, 0.1) is 5.82 Å². The van der Waals surface area contributed by atoms with Crippen LogP contribution in [0.15, 0.2) is 41.5 Å². The van der Waals surface area contributed by atoms with Gasteiger partial charge in [0.25, 0.3) is 6.43 Å². The second kappa shape index (κ2) is 8.89. The molecule has 6 nitrogen and oxygen atoms in total. The summed E-state index contributed by atoms with van der Waals surface area (Å²) in [5.41, 5.74) is 6.67. The smallest absolute Gasteiger partial charge is 0.264 e. The number of anilines is 4. The molecule has 1 amide bonds. The van der Waals surface area contributed by atoms with Crippen LogP contribution in [0.2, 0.25) is 0 Å². The zero-order valence-corrected chi connectivity index (χ0v) is 16.5. The van der Waals surface area contributed by atoms with Crippen molar-refractivity contribution in [3.63, 3.8) is 0 Å². The van der Waals surface area contributed by atoms with Gasteiger partial charge in [-0.25, -0.2) is 13.2 Å². The highest BCUT2D eigenvalue weighted by atomic mass is 19.3. The van der Waals surface area contributed by atoms with Gasteiger partial charge in [0.2, 0.25) is 5.91 Å². The largest absolute Gasteiger partial charge is 0.404 e. The molecular weight excluding hydrogens is 395 g/mol. The number of hydrogen-bond donors (Lipinski definition) is 4. The number of rotatable bonds is 5. The van der Waals surface area contributed by atoms with Crippen LogP contribution in [0.3, 0.4) is 0 Å². The fourth-order valence-electron chi connectivity index (χ4n) is 3.30. The average molecular weight is 417 g/mol. The van der Waals surface area contributed by atoms with E-state index in [1.54, 1.807) is 18.2 Å². The fourth-order valence-corrected chi connectivity index (χ4v) is 3.30. The van der Waals surface area contributed by atoms with Crippen molar-refractivity contribution in [2.24, 2.45) is 10.7 Å². The van der Waals surface area contributed by atoms with Crippen LogP contribution >= 0.6 is 0 Å². The van der Waals surface area contributed by atoms with Crippen LogP contribution in [0.25, 0.3) is 5.57 Å². The summed E-state index contributed by atoms with van der Waals surface area (Å²) in [4.78, 5) is 15.7. The molecule has 158 valence electrons. The van der Waals surface area contributed by atoms with Gasteiger partial charge in [-0.15, -0.1) is 0 Å². The first-order valence-electron chi connectivity index (χ1n) is 9.26. The fraction of sp³-hybridized carbons (Fsp3) is 0.238. The molecule has 0 aliphatic carbocycles. The minimum absolute atomic E-state index is 0.0351. The van der Waals surface area contributed by atoms with E-state index in [4.69, 9.17) is 5.73 Å². The molecule has 2 aromatic rings. The lowest BCUT2D eigenvalue weighted by molar-refractivity contribution is -0.116. The number of nitrogens with two attached hydrogens (primary N) is 1. The Morgan fingerprint density at radius 2 is 2.10 bits per heavy atom. The summed E-state index contributed by atoms with van der Waals surface area (Å²) in [6, 6.07) is 6.94. The predicted molar refractivity (Wildman–Crippen MR) is 114 cm³/mol. The lowest BCUT2D eigenvalue weighted by atomic mass is 9.99. The number of halogens is 3. The third-order valence-electron chi connectivity index (χ3n) is 4.62. The molecular formula is C21H22F3N5O. The Labute approximate surface area is 172 Å². The number of aliphatic imine (C=N–C) groups is 1. The summed E-state index contributed by atoms with van der Waals surface area (Å²) in [5, 5.41) is 8.84. The standard InChI is InChI=1S/C21H22F3N5O/c1-11-6-19(30)29-17-5-3-4-16(20(17)27-11)28-18-8-14(21(23)24)13(7-15(18)22)12(9-25)10-26-2/h3-5,7-11,21,27-28H,6,25H2,1-2H3,(H,29,30)/t11-/m1/s1.